The molecule has 6 nitrogen and oxygen atoms in total. The summed E-state index contributed by atoms with van der Waals surface area (Å²) in [4.78, 5) is 22.0. The summed E-state index contributed by atoms with van der Waals surface area (Å²) >= 11 is 0. The molecular weight excluding hydrogens is 220 g/mol. The maximum absolute atomic E-state index is 11.2. The van der Waals surface area contributed by atoms with Gasteiger partial charge in [-0.1, -0.05) is 0 Å². The summed E-state index contributed by atoms with van der Waals surface area (Å²) in [6, 6.07) is 8.10. The Kier molecular flexibility index (Phi) is 4.51. The molecule has 1 aromatic rings. The number of carbonyl (C=O) groups is 2. The van der Waals surface area contributed by atoms with Crippen molar-refractivity contribution in [3.63, 3.8) is 0 Å². The number of urea groups is 1. The van der Waals surface area contributed by atoms with Crippen LogP contribution >= 0.6 is 0 Å². The molecule has 0 aromatic heterocycles. The molecule has 0 atom stereocenters. The third kappa shape index (κ3) is 4.22. The summed E-state index contributed by atoms with van der Waals surface area (Å²) in [5, 5.41) is 15.8. The standard InChI is InChI=1S/C11H12N4O2/c1-13-11(17)15-10(16)7-14-9-4-2-8(6-12)3-5-9/h2-5,14H,7H2,1H3,(H2,13,15,16,17). The highest BCUT2D eigenvalue weighted by Crippen LogP contribution is 2.07. The lowest BCUT2D eigenvalue weighted by atomic mass is 10.2. The molecule has 6 heteroatoms. The summed E-state index contributed by atoms with van der Waals surface area (Å²) in [6.45, 7) is -0.0146. The zero-order valence-electron chi connectivity index (χ0n) is 9.28. The van der Waals surface area contributed by atoms with Crippen LogP contribution in [0.2, 0.25) is 0 Å². The number of hydrogen-bond acceptors (Lipinski definition) is 4. The fourth-order valence-electron chi connectivity index (χ4n) is 1.08. The van der Waals surface area contributed by atoms with Crippen LogP contribution < -0.4 is 16.0 Å². The molecule has 0 bridgehead atoms. The molecule has 0 saturated carbocycles. The van der Waals surface area contributed by atoms with Gasteiger partial charge in [-0.25, -0.2) is 4.79 Å². The van der Waals surface area contributed by atoms with E-state index in [-0.39, 0.29) is 6.54 Å². The molecule has 1 rings (SSSR count). The predicted molar refractivity (Wildman–Crippen MR) is 62.2 cm³/mol. The van der Waals surface area contributed by atoms with Crippen LogP contribution in [0.15, 0.2) is 24.3 Å². The van der Waals surface area contributed by atoms with E-state index in [0.717, 1.165) is 0 Å². The monoisotopic (exact) mass is 232 g/mol. The Hall–Kier alpha value is -2.55. The number of anilines is 1. The Morgan fingerprint density at radius 1 is 1.29 bits per heavy atom. The number of benzene rings is 1. The van der Waals surface area contributed by atoms with Crippen molar-refractivity contribution in [1.29, 1.82) is 5.26 Å². The van der Waals surface area contributed by atoms with Gasteiger partial charge in [-0.05, 0) is 24.3 Å². The van der Waals surface area contributed by atoms with Crippen molar-refractivity contribution in [2.75, 3.05) is 18.9 Å². The van der Waals surface area contributed by atoms with Crippen molar-refractivity contribution in [3.8, 4) is 6.07 Å². The van der Waals surface area contributed by atoms with E-state index in [1.807, 2.05) is 6.07 Å². The molecule has 0 aliphatic carbocycles. The van der Waals surface area contributed by atoms with Crippen molar-refractivity contribution in [2.45, 2.75) is 0 Å². The smallest absolute Gasteiger partial charge is 0.321 e. The van der Waals surface area contributed by atoms with Crippen molar-refractivity contribution in [3.05, 3.63) is 29.8 Å². The number of hydrogen-bond donors (Lipinski definition) is 3. The number of imide groups is 1. The van der Waals surface area contributed by atoms with E-state index in [4.69, 9.17) is 5.26 Å². The number of rotatable bonds is 3. The average molecular weight is 232 g/mol. The number of amides is 3. The molecule has 0 saturated heterocycles. The minimum absolute atomic E-state index is 0.0146. The summed E-state index contributed by atoms with van der Waals surface area (Å²) in [5.41, 5.74) is 1.25. The average Bonchev–Trinajstić information content (AvgIpc) is 2.36. The lowest BCUT2D eigenvalue weighted by Gasteiger charge is -2.06. The van der Waals surface area contributed by atoms with E-state index < -0.39 is 11.9 Å². The molecule has 0 radical (unpaired) electrons. The molecule has 0 spiro atoms. The highest BCUT2D eigenvalue weighted by Gasteiger charge is 2.04. The minimum atomic E-state index is -0.545. The molecule has 0 heterocycles. The maximum atomic E-state index is 11.2. The van der Waals surface area contributed by atoms with Gasteiger partial charge < -0.3 is 10.6 Å². The van der Waals surface area contributed by atoms with Gasteiger partial charge in [-0.2, -0.15) is 5.26 Å². The number of nitriles is 1. The normalized spacial score (nSPS) is 8.94. The highest BCUT2D eigenvalue weighted by molar-refractivity contribution is 5.96. The van der Waals surface area contributed by atoms with E-state index in [1.165, 1.54) is 7.05 Å². The van der Waals surface area contributed by atoms with Crippen molar-refractivity contribution < 1.29 is 9.59 Å². The molecule has 88 valence electrons. The van der Waals surface area contributed by atoms with Gasteiger partial charge in [0.25, 0.3) is 0 Å². The van der Waals surface area contributed by atoms with Gasteiger partial charge >= 0.3 is 6.03 Å². The van der Waals surface area contributed by atoms with Crippen LogP contribution in [-0.4, -0.2) is 25.5 Å². The first-order valence-electron chi connectivity index (χ1n) is 4.91. The van der Waals surface area contributed by atoms with Gasteiger partial charge in [0.1, 0.15) is 0 Å². The Morgan fingerprint density at radius 3 is 2.47 bits per heavy atom. The van der Waals surface area contributed by atoms with Crippen LogP contribution in [0.5, 0.6) is 0 Å². The van der Waals surface area contributed by atoms with Gasteiger partial charge in [0.15, 0.2) is 0 Å². The van der Waals surface area contributed by atoms with E-state index in [9.17, 15) is 9.59 Å². The molecule has 1 aromatic carbocycles. The number of nitrogens with one attached hydrogen (secondary N) is 3. The second-order valence-corrected chi connectivity index (χ2v) is 3.17. The zero-order chi connectivity index (χ0) is 12.7. The molecule has 17 heavy (non-hydrogen) atoms. The van der Waals surface area contributed by atoms with Gasteiger partial charge in [0, 0.05) is 12.7 Å². The lowest BCUT2D eigenvalue weighted by molar-refractivity contribution is -0.118. The fraction of sp³-hybridized carbons (Fsp3) is 0.182. The molecule has 0 fully saturated rings. The van der Waals surface area contributed by atoms with Crippen LogP contribution in [-0.2, 0) is 4.79 Å². The minimum Gasteiger partial charge on any atom is -0.376 e. The summed E-state index contributed by atoms with van der Waals surface area (Å²) in [5.74, 6) is -0.436. The van der Waals surface area contributed by atoms with E-state index in [0.29, 0.717) is 11.3 Å². The predicted octanol–water partition coefficient (Wildman–Crippen LogP) is 0.426. The second-order valence-electron chi connectivity index (χ2n) is 3.17. The van der Waals surface area contributed by atoms with Crippen molar-refractivity contribution in [1.82, 2.24) is 10.6 Å². The number of carbonyl (C=O) groups excluding carboxylic acids is 2. The van der Waals surface area contributed by atoms with Crippen molar-refractivity contribution in [2.24, 2.45) is 0 Å². The van der Waals surface area contributed by atoms with E-state index in [1.54, 1.807) is 24.3 Å². The highest BCUT2D eigenvalue weighted by atomic mass is 16.2. The Morgan fingerprint density at radius 2 is 1.94 bits per heavy atom. The van der Waals surface area contributed by atoms with Gasteiger partial charge in [0.2, 0.25) is 5.91 Å². The summed E-state index contributed by atoms with van der Waals surface area (Å²) in [7, 11) is 1.43. The molecule has 0 unspecified atom stereocenters. The van der Waals surface area contributed by atoms with Gasteiger partial charge in [-0.15, -0.1) is 0 Å². The van der Waals surface area contributed by atoms with Gasteiger partial charge in [-0.3, -0.25) is 10.1 Å². The zero-order valence-corrected chi connectivity index (χ0v) is 9.28. The largest absolute Gasteiger partial charge is 0.376 e. The summed E-state index contributed by atoms with van der Waals surface area (Å²) in [6.07, 6.45) is 0. The second kappa shape index (κ2) is 6.12. The maximum Gasteiger partial charge on any atom is 0.321 e. The molecule has 3 amide bonds. The molecular formula is C11H12N4O2. The van der Waals surface area contributed by atoms with E-state index >= 15 is 0 Å². The SMILES string of the molecule is CNC(=O)NC(=O)CNc1ccc(C#N)cc1. The summed E-state index contributed by atoms with van der Waals surface area (Å²) < 4.78 is 0. The quantitative estimate of drug-likeness (QED) is 0.704. The third-order valence-corrected chi connectivity index (χ3v) is 1.95. The Labute approximate surface area is 98.6 Å². The lowest BCUT2D eigenvalue weighted by Crippen LogP contribution is -2.40. The Balaban J connectivity index is 2.42. The van der Waals surface area contributed by atoms with Crippen LogP contribution in [0.1, 0.15) is 5.56 Å². The number of nitrogens with zero attached hydrogens (tertiary/aromatic N) is 1. The first-order valence-corrected chi connectivity index (χ1v) is 4.91. The van der Waals surface area contributed by atoms with E-state index in [2.05, 4.69) is 16.0 Å². The molecule has 0 aliphatic heterocycles. The third-order valence-electron chi connectivity index (χ3n) is 1.95. The van der Waals surface area contributed by atoms with Crippen molar-refractivity contribution >= 4 is 17.6 Å². The fourth-order valence-corrected chi connectivity index (χ4v) is 1.08. The van der Waals surface area contributed by atoms with Gasteiger partial charge in [0.05, 0.1) is 18.2 Å². The van der Waals surface area contributed by atoms with Crippen LogP contribution in [0.25, 0.3) is 0 Å². The van der Waals surface area contributed by atoms with Crippen LogP contribution in [0.4, 0.5) is 10.5 Å². The Bertz CT molecular complexity index is 448. The van der Waals surface area contributed by atoms with Crippen LogP contribution in [0, 0.1) is 11.3 Å². The van der Waals surface area contributed by atoms with Crippen LogP contribution in [0.3, 0.4) is 0 Å². The molecule has 3 N–H and O–H groups in total. The molecule has 0 aliphatic rings. The first-order chi connectivity index (χ1) is 8.15. The topological polar surface area (TPSA) is 94.0 Å². The first kappa shape index (κ1) is 12.5.